The molecule has 2 N–H and O–H groups in total. The fourth-order valence-corrected chi connectivity index (χ4v) is 4.09. The lowest BCUT2D eigenvalue weighted by molar-refractivity contribution is -0.144. The van der Waals surface area contributed by atoms with E-state index in [1.807, 2.05) is 6.92 Å². The molecular weight excluding hydrogens is 258 g/mol. The highest BCUT2D eigenvalue weighted by atomic mass is 32.2. The molecule has 0 heterocycles. The van der Waals surface area contributed by atoms with Crippen molar-refractivity contribution in [2.24, 2.45) is 0 Å². The summed E-state index contributed by atoms with van der Waals surface area (Å²) in [6, 6.07) is 0. The quantitative estimate of drug-likeness (QED) is 0.635. The van der Waals surface area contributed by atoms with Gasteiger partial charge in [-0.15, -0.1) is 0 Å². The normalized spacial score (nSPS) is 20.1. The number of carbonyl (C=O) groups is 1. The molecule has 1 rings (SSSR count). The minimum absolute atomic E-state index is 0.708. The van der Waals surface area contributed by atoms with Crippen LogP contribution in [0.2, 0.25) is 0 Å². The molecule has 112 valence electrons. The van der Waals surface area contributed by atoms with E-state index < -0.39 is 11.5 Å². The third-order valence-electron chi connectivity index (χ3n) is 4.02. The van der Waals surface area contributed by atoms with Crippen molar-refractivity contribution in [3.05, 3.63) is 0 Å². The molecule has 1 fully saturated rings. The number of carboxylic acids is 1. The van der Waals surface area contributed by atoms with Crippen molar-refractivity contribution in [3.63, 3.8) is 0 Å². The highest BCUT2D eigenvalue weighted by Gasteiger charge is 2.30. The van der Waals surface area contributed by atoms with Gasteiger partial charge in [-0.05, 0) is 44.9 Å². The van der Waals surface area contributed by atoms with Crippen molar-refractivity contribution in [3.8, 4) is 0 Å². The number of hydrogen-bond acceptors (Lipinski definition) is 3. The molecule has 0 bridgehead atoms. The maximum absolute atomic E-state index is 11.3. The van der Waals surface area contributed by atoms with E-state index >= 15 is 0 Å². The van der Waals surface area contributed by atoms with Crippen LogP contribution in [0.1, 0.15) is 65.2 Å². The van der Waals surface area contributed by atoms with Gasteiger partial charge in [0.15, 0.2) is 0 Å². The van der Waals surface area contributed by atoms with E-state index in [9.17, 15) is 9.90 Å². The summed E-state index contributed by atoms with van der Waals surface area (Å²) in [4.78, 5) is 11.3. The van der Waals surface area contributed by atoms with Gasteiger partial charge in [0.25, 0.3) is 0 Å². The van der Waals surface area contributed by atoms with Crippen LogP contribution in [0.25, 0.3) is 0 Å². The van der Waals surface area contributed by atoms with Gasteiger partial charge in [0.05, 0.1) is 0 Å². The molecule has 1 atom stereocenters. The van der Waals surface area contributed by atoms with Gasteiger partial charge in [0.1, 0.15) is 5.54 Å². The first kappa shape index (κ1) is 16.8. The third-order valence-corrected chi connectivity index (χ3v) is 5.48. The summed E-state index contributed by atoms with van der Waals surface area (Å²) in [6.07, 6.45) is 9.83. The first-order valence-electron chi connectivity index (χ1n) is 7.68. The Morgan fingerprint density at radius 1 is 1.32 bits per heavy atom. The summed E-state index contributed by atoms with van der Waals surface area (Å²) in [7, 11) is 0. The van der Waals surface area contributed by atoms with Gasteiger partial charge >= 0.3 is 5.97 Å². The number of nitrogens with one attached hydrogen (secondary N) is 1. The summed E-state index contributed by atoms with van der Waals surface area (Å²) < 4.78 is 0. The van der Waals surface area contributed by atoms with Crippen molar-refractivity contribution in [2.75, 3.05) is 12.3 Å². The predicted octanol–water partition coefficient (Wildman–Crippen LogP) is 3.68. The molecule has 0 aromatic rings. The fraction of sp³-hybridized carbons (Fsp3) is 0.933. The minimum atomic E-state index is -0.746. The Morgan fingerprint density at radius 2 is 2.00 bits per heavy atom. The number of unbranched alkanes of at least 4 members (excludes halogenated alkanes) is 1. The number of rotatable bonds is 9. The van der Waals surface area contributed by atoms with E-state index in [4.69, 9.17) is 0 Å². The van der Waals surface area contributed by atoms with E-state index in [2.05, 4.69) is 17.1 Å². The fourth-order valence-electron chi connectivity index (χ4n) is 2.72. The van der Waals surface area contributed by atoms with Crippen LogP contribution in [0, 0.1) is 0 Å². The lowest BCUT2D eigenvalue weighted by Crippen LogP contribution is -2.49. The van der Waals surface area contributed by atoms with Gasteiger partial charge in [-0.25, -0.2) is 0 Å². The first-order valence-corrected chi connectivity index (χ1v) is 8.73. The number of carboxylic acid groups (broad SMARTS) is 1. The molecule has 0 amide bonds. The number of thioether (sulfide) groups is 1. The Kier molecular flexibility index (Phi) is 7.84. The Hall–Kier alpha value is -0.220. The standard InChI is InChI=1S/C15H29NO2S/c1-3-16-15(2,14(17)18)11-7-8-12-19-13-9-5-4-6-10-13/h13,16H,3-12H2,1-2H3,(H,17,18). The van der Waals surface area contributed by atoms with Crippen LogP contribution >= 0.6 is 11.8 Å². The predicted molar refractivity (Wildman–Crippen MR) is 82.9 cm³/mol. The van der Waals surface area contributed by atoms with Crippen LogP contribution in [0.3, 0.4) is 0 Å². The Balaban J connectivity index is 2.12. The van der Waals surface area contributed by atoms with Gasteiger partial charge < -0.3 is 10.4 Å². The molecule has 19 heavy (non-hydrogen) atoms. The van der Waals surface area contributed by atoms with Gasteiger partial charge in [0.2, 0.25) is 0 Å². The highest BCUT2D eigenvalue weighted by molar-refractivity contribution is 7.99. The van der Waals surface area contributed by atoms with Gasteiger partial charge in [-0.2, -0.15) is 11.8 Å². The van der Waals surface area contributed by atoms with Crippen LogP contribution in [0.4, 0.5) is 0 Å². The van der Waals surface area contributed by atoms with Gasteiger partial charge in [0, 0.05) is 5.25 Å². The molecule has 0 spiro atoms. The third kappa shape index (κ3) is 6.17. The van der Waals surface area contributed by atoms with Gasteiger partial charge in [-0.1, -0.05) is 32.6 Å². The van der Waals surface area contributed by atoms with Crippen molar-refractivity contribution in [1.29, 1.82) is 0 Å². The van der Waals surface area contributed by atoms with Crippen LogP contribution in [0.5, 0.6) is 0 Å². The second-order valence-electron chi connectivity index (χ2n) is 5.76. The average Bonchev–Trinajstić information content (AvgIpc) is 2.39. The van der Waals surface area contributed by atoms with Crippen molar-refractivity contribution in [2.45, 2.75) is 76.0 Å². The SMILES string of the molecule is CCNC(C)(CCCCSC1CCCCC1)C(=O)O. The highest BCUT2D eigenvalue weighted by Crippen LogP contribution is 2.29. The van der Waals surface area contributed by atoms with E-state index in [1.165, 1.54) is 37.9 Å². The van der Waals surface area contributed by atoms with Crippen LogP contribution < -0.4 is 5.32 Å². The molecule has 0 aliphatic heterocycles. The monoisotopic (exact) mass is 287 g/mol. The lowest BCUT2D eigenvalue weighted by atomic mass is 9.95. The zero-order chi connectivity index (χ0) is 14.1. The van der Waals surface area contributed by atoms with Crippen LogP contribution in [0.15, 0.2) is 0 Å². The van der Waals surface area contributed by atoms with Gasteiger partial charge in [-0.3, -0.25) is 4.79 Å². The molecule has 1 unspecified atom stereocenters. The van der Waals surface area contributed by atoms with E-state index in [1.54, 1.807) is 6.92 Å². The Labute approximate surface area is 121 Å². The molecular formula is C15H29NO2S. The number of aliphatic carboxylic acids is 1. The number of hydrogen-bond donors (Lipinski definition) is 2. The maximum atomic E-state index is 11.3. The number of likely N-dealkylation sites (N-methyl/N-ethyl adjacent to an activating group) is 1. The molecule has 4 heteroatoms. The summed E-state index contributed by atoms with van der Waals surface area (Å²) in [5, 5.41) is 13.2. The van der Waals surface area contributed by atoms with E-state index in [0.29, 0.717) is 6.54 Å². The van der Waals surface area contributed by atoms with E-state index in [-0.39, 0.29) is 0 Å². The zero-order valence-electron chi connectivity index (χ0n) is 12.4. The molecule has 3 nitrogen and oxygen atoms in total. The Bertz CT molecular complexity index is 267. The lowest BCUT2D eigenvalue weighted by Gasteiger charge is -2.26. The largest absolute Gasteiger partial charge is 0.480 e. The molecule has 0 aromatic carbocycles. The molecule has 1 aliphatic carbocycles. The van der Waals surface area contributed by atoms with Crippen LogP contribution in [-0.2, 0) is 4.79 Å². The summed E-state index contributed by atoms with van der Waals surface area (Å²) in [5.41, 5.74) is -0.746. The molecule has 0 radical (unpaired) electrons. The minimum Gasteiger partial charge on any atom is -0.480 e. The van der Waals surface area contributed by atoms with Crippen molar-refractivity contribution < 1.29 is 9.90 Å². The second kappa shape index (κ2) is 8.85. The summed E-state index contributed by atoms with van der Waals surface area (Å²) in [5.74, 6) is 0.459. The van der Waals surface area contributed by atoms with E-state index in [0.717, 1.165) is 24.5 Å². The molecule has 0 saturated heterocycles. The first-order chi connectivity index (χ1) is 9.08. The average molecular weight is 287 g/mol. The summed E-state index contributed by atoms with van der Waals surface area (Å²) >= 11 is 2.10. The smallest absolute Gasteiger partial charge is 0.323 e. The summed E-state index contributed by atoms with van der Waals surface area (Å²) in [6.45, 7) is 4.47. The molecule has 0 aromatic heterocycles. The second-order valence-corrected chi connectivity index (χ2v) is 7.16. The molecule has 1 aliphatic rings. The topological polar surface area (TPSA) is 49.3 Å². The van der Waals surface area contributed by atoms with Crippen LogP contribution in [-0.4, -0.2) is 34.2 Å². The zero-order valence-corrected chi connectivity index (χ0v) is 13.2. The molecule has 1 saturated carbocycles. The Morgan fingerprint density at radius 3 is 2.58 bits per heavy atom. The van der Waals surface area contributed by atoms with Crippen molar-refractivity contribution >= 4 is 17.7 Å². The maximum Gasteiger partial charge on any atom is 0.323 e. The van der Waals surface area contributed by atoms with Crippen molar-refractivity contribution in [1.82, 2.24) is 5.32 Å².